The van der Waals surface area contributed by atoms with Crippen molar-refractivity contribution in [3.63, 3.8) is 0 Å². The first-order valence-corrected chi connectivity index (χ1v) is 32.4. The molecule has 7 aliphatic heterocycles. The minimum absolute atomic E-state index is 0.0975. The molecular weight excluding hydrogens is 1370 g/mol. The lowest BCUT2D eigenvalue weighted by Crippen LogP contribution is -2.64. The molecule has 11 bridgehead atoms. The van der Waals surface area contributed by atoms with Crippen molar-refractivity contribution in [1.82, 2.24) is 37.2 Å². The summed E-state index contributed by atoms with van der Waals surface area (Å²) >= 11 is 14.1. The Morgan fingerprint density at radius 1 is 0.713 bits per heavy atom. The number of phenols is 3. The molecule has 0 aliphatic carbocycles. The minimum Gasteiger partial charge on any atom is -0.508 e. The summed E-state index contributed by atoms with van der Waals surface area (Å²) in [5.41, 5.74) is 8.00. The number of ether oxygens (including phenoxy) is 6. The number of amides is 7. The van der Waals surface area contributed by atoms with E-state index in [4.69, 9.17) is 63.1 Å². The van der Waals surface area contributed by atoms with Crippen LogP contribution in [0.5, 0.6) is 46.0 Å². The largest absolute Gasteiger partial charge is 0.508 e. The summed E-state index contributed by atoms with van der Waals surface area (Å²) < 4.78 is 38.3. The molecule has 0 saturated carbocycles. The van der Waals surface area contributed by atoms with Crippen molar-refractivity contribution in [2.75, 3.05) is 13.7 Å². The fourth-order valence-electron chi connectivity index (χ4n) is 12.5. The highest BCUT2D eigenvalue weighted by Crippen LogP contribution is 2.50. The number of fused-ring (bicyclic) bond motifs is 15. The maximum absolute atomic E-state index is 16.0. The zero-order chi connectivity index (χ0) is 73.5. The number of likely N-dealkylation sites (N-methyl/N-ethyl adjacent to an activating group) is 1. The third-order valence-corrected chi connectivity index (χ3v) is 18.4. The molecule has 542 valence electrons. The minimum atomic E-state index is -2.35. The van der Waals surface area contributed by atoms with Gasteiger partial charge in [-0.05, 0) is 110 Å². The lowest BCUT2D eigenvalue weighted by atomic mass is 9.86. The molecule has 35 heteroatoms. The number of benzene rings is 5. The van der Waals surface area contributed by atoms with Crippen LogP contribution in [0, 0.1) is 5.92 Å². The lowest BCUT2D eigenvalue weighted by molar-refractivity contribution is -0.333. The molecule has 12 rings (SSSR count). The number of rotatable bonds is 13. The van der Waals surface area contributed by atoms with Crippen LogP contribution in [0.1, 0.15) is 105 Å². The van der Waals surface area contributed by atoms with Crippen LogP contribution in [-0.4, -0.2) is 191 Å². The first-order valence-electron chi connectivity index (χ1n) is 31.6. The summed E-state index contributed by atoms with van der Waals surface area (Å²) in [6.45, 7) is 5.66. The van der Waals surface area contributed by atoms with Crippen LogP contribution >= 0.6 is 23.2 Å². The van der Waals surface area contributed by atoms with Crippen molar-refractivity contribution >= 4 is 70.5 Å². The standard InChI is InChI=1S/C66H75Cl2N9O24/c1-23(2)12-34(71-5)58(88)76-49-51(83)26-7-10-38(32(67)14-26)97-40-16-28-17-41(55(40)101-65-56(54(86)53(85)42(22-78)99-65)100-44-21-66(4,70)57(87)24(3)96-44)98-39-11-8-27(15-33(39)68)52(84)50-63(93)75-48(64(94)95)31-18-29(79)19-37(81)45(31)30-13-25(6-9-36(30)80)46(60(90)77-50)74-61(91)47(28)73-59(89)35(20-43(69)82)72-62(49)92/h6-11,13-19,23-24,34-35,42,44,46-54,56-57,65,71,78-81,83-87H,12,20-22,70H2,1-5H3,(H2,69,82)(H,72,92)(H,73,89)(H,74,91)(H,75,93)(H,76,88)(H,77,90)(H,94,95)/t24?,34-,35+,42?,44?,46?,47-,48?,49-,50+,51-,52-,53?,54?,56?,57?,65?,66?/m1/s1. The van der Waals surface area contributed by atoms with Gasteiger partial charge in [-0.3, -0.25) is 33.6 Å². The van der Waals surface area contributed by atoms with E-state index >= 15 is 14.4 Å². The fraction of sp³-hybridized carbons (Fsp3) is 0.424. The van der Waals surface area contributed by atoms with E-state index < -0.39 is 237 Å². The Bertz CT molecular complexity index is 4070. The Kier molecular flexibility index (Phi) is 22.2. The number of carbonyl (C=O) groups is 8. The predicted octanol–water partition coefficient (Wildman–Crippen LogP) is 0.106. The third kappa shape index (κ3) is 15.8. The van der Waals surface area contributed by atoms with E-state index in [9.17, 15) is 75.0 Å². The molecule has 0 aromatic heterocycles. The number of hydrogen-bond acceptors (Lipinski definition) is 25. The molecule has 2 saturated heterocycles. The molecule has 101 heavy (non-hydrogen) atoms. The van der Waals surface area contributed by atoms with E-state index in [1.54, 1.807) is 0 Å². The number of carboxylic acids is 1. The Balaban J connectivity index is 1.24. The molecule has 2 fully saturated rings. The predicted molar refractivity (Wildman–Crippen MR) is 349 cm³/mol. The zero-order valence-corrected chi connectivity index (χ0v) is 55.8. The van der Waals surface area contributed by atoms with Crippen LogP contribution in [0.2, 0.25) is 10.0 Å². The van der Waals surface area contributed by atoms with Gasteiger partial charge in [0.1, 0.15) is 89.5 Å². The molecule has 33 nitrogen and oxygen atoms in total. The van der Waals surface area contributed by atoms with E-state index in [2.05, 4.69) is 37.2 Å². The zero-order valence-electron chi connectivity index (χ0n) is 54.3. The van der Waals surface area contributed by atoms with Gasteiger partial charge in [0, 0.05) is 34.7 Å². The highest BCUT2D eigenvalue weighted by atomic mass is 35.5. The average molecular weight is 1450 g/mol. The van der Waals surface area contributed by atoms with Crippen LogP contribution in [0.4, 0.5) is 0 Å². The van der Waals surface area contributed by atoms with Gasteiger partial charge in [-0.25, -0.2) is 4.79 Å². The normalized spacial score (nSPS) is 29.4. The number of carboxylic acid groups (broad SMARTS) is 1. The topological polar surface area (TPSA) is 530 Å². The first kappa shape index (κ1) is 74.5. The monoisotopic (exact) mass is 1450 g/mol. The van der Waals surface area contributed by atoms with Crippen molar-refractivity contribution < 1.29 is 118 Å². The second-order valence-corrected chi connectivity index (χ2v) is 26.5. The number of carbonyl (C=O) groups excluding carboxylic acids is 7. The second kappa shape index (κ2) is 30.2. The molecule has 5 aromatic rings. The fourth-order valence-corrected chi connectivity index (χ4v) is 12.9. The molecular formula is C66H75Cl2N9O24. The number of aliphatic hydroxyl groups excluding tert-OH is 6. The summed E-state index contributed by atoms with van der Waals surface area (Å²) in [6.07, 6.45) is -18.6. The van der Waals surface area contributed by atoms with Gasteiger partial charge in [0.15, 0.2) is 29.9 Å². The number of halogens is 2. The molecule has 0 radical (unpaired) electrons. The molecule has 18 atom stereocenters. The van der Waals surface area contributed by atoms with Crippen LogP contribution in [0.15, 0.2) is 78.9 Å². The summed E-state index contributed by atoms with van der Waals surface area (Å²) in [5.74, 6) is -16.0. The van der Waals surface area contributed by atoms with E-state index in [1.807, 2.05) is 13.8 Å². The average Bonchev–Trinajstić information content (AvgIpc) is 0.775. The van der Waals surface area contributed by atoms with Crippen LogP contribution in [0.3, 0.4) is 0 Å². The number of aromatic hydroxyl groups is 3. The van der Waals surface area contributed by atoms with E-state index in [0.717, 1.165) is 66.7 Å². The van der Waals surface area contributed by atoms with Gasteiger partial charge in [-0.15, -0.1) is 0 Å². The Hall–Kier alpha value is -9.20. The highest BCUT2D eigenvalue weighted by Gasteiger charge is 2.51. The van der Waals surface area contributed by atoms with Crippen LogP contribution in [0.25, 0.3) is 11.1 Å². The highest BCUT2D eigenvalue weighted by molar-refractivity contribution is 6.32. The smallest absolute Gasteiger partial charge is 0.330 e. The number of primary amides is 1. The Labute approximate surface area is 584 Å². The van der Waals surface area contributed by atoms with Crippen molar-refractivity contribution in [3.05, 3.63) is 117 Å². The molecule has 5 aromatic carbocycles. The quantitative estimate of drug-likeness (QED) is 0.0743. The van der Waals surface area contributed by atoms with Crippen LogP contribution in [-0.2, 0) is 52.6 Å². The van der Waals surface area contributed by atoms with Crippen molar-refractivity contribution in [2.45, 2.75) is 156 Å². The molecule has 0 spiro atoms. The van der Waals surface area contributed by atoms with Gasteiger partial charge in [-0.1, -0.05) is 55.2 Å². The van der Waals surface area contributed by atoms with Gasteiger partial charge in [0.05, 0.1) is 41.3 Å². The maximum Gasteiger partial charge on any atom is 0.330 e. The number of phenolic OH excluding ortho intramolecular Hbond substituents is 3. The second-order valence-electron chi connectivity index (χ2n) is 25.7. The molecule has 7 heterocycles. The summed E-state index contributed by atoms with van der Waals surface area (Å²) in [6, 6.07) is -0.679. The van der Waals surface area contributed by atoms with Crippen LogP contribution < -0.4 is 62.9 Å². The summed E-state index contributed by atoms with van der Waals surface area (Å²) in [5, 5.41) is 131. The van der Waals surface area contributed by atoms with Crippen molar-refractivity contribution in [3.8, 4) is 57.1 Å². The molecule has 7 amide bonds. The number of nitrogens with one attached hydrogen (secondary N) is 7. The maximum atomic E-state index is 16.0. The van der Waals surface area contributed by atoms with E-state index in [-0.39, 0.29) is 46.2 Å². The lowest BCUT2D eigenvalue weighted by Gasteiger charge is -2.47. The number of hydrogen-bond donors (Lipinski definition) is 19. The summed E-state index contributed by atoms with van der Waals surface area (Å²) in [4.78, 5) is 117. The molecule has 7 aliphatic rings. The van der Waals surface area contributed by atoms with Gasteiger partial charge in [0.2, 0.25) is 53.4 Å². The van der Waals surface area contributed by atoms with Gasteiger partial charge < -0.3 is 128 Å². The SMILES string of the molecule is CN[C@H](CC(C)C)C(=O)N[C@H]1C(=O)N[C@@H](CC(N)=O)C(=O)N[C@H]2C(=O)NC3C(=O)N[C@H](C(=O)NC(C(=O)O)c4cc(O)cc(O)c4-c4cc3ccc4O)[C@H](O)c3ccc(c(Cl)c3)Oc3cc2cc(c3OC2OC(CO)C(O)C(O)C2OC2CC(C)(N)C(O)C(C)O2)Oc2ccc(cc2Cl)[C@H]1O. The number of nitrogens with two attached hydrogens (primary N) is 2. The van der Waals surface area contributed by atoms with Gasteiger partial charge in [-0.2, -0.15) is 0 Å². The number of aliphatic hydroxyl groups is 6. The first-order chi connectivity index (χ1) is 47.7. The van der Waals surface area contributed by atoms with Gasteiger partial charge in [0.25, 0.3) is 0 Å². The van der Waals surface area contributed by atoms with Gasteiger partial charge >= 0.3 is 5.97 Å². The van der Waals surface area contributed by atoms with Crippen molar-refractivity contribution in [1.29, 1.82) is 0 Å². The Morgan fingerprint density at radius 2 is 1.32 bits per heavy atom. The van der Waals surface area contributed by atoms with E-state index in [0.29, 0.717) is 0 Å². The van der Waals surface area contributed by atoms with Crippen molar-refractivity contribution in [2.24, 2.45) is 17.4 Å². The van der Waals surface area contributed by atoms with E-state index in [1.165, 1.54) is 33.0 Å². The Morgan fingerprint density at radius 3 is 1.90 bits per heavy atom. The molecule has 21 N–H and O–H groups in total. The third-order valence-electron chi connectivity index (χ3n) is 17.8. The summed E-state index contributed by atoms with van der Waals surface area (Å²) in [7, 11) is 1.47. The number of aliphatic carboxylic acids is 1. The molecule has 11 unspecified atom stereocenters.